The lowest BCUT2D eigenvalue weighted by Crippen LogP contribution is -2.34. The summed E-state index contributed by atoms with van der Waals surface area (Å²) in [6.07, 6.45) is 2.69. The second kappa shape index (κ2) is 5.25. The fourth-order valence-corrected chi connectivity index (χ4v) is 2.84. The summed E-state index contributed by atoms with van der Waals surface area (Å²) < 4.78 is 5.25. The third-order valence-corrected chi connectivity index (χ3v) is 4.00. The fourth-order valence-electron chi connectivity index (χ4n) is 2.00. The van der Waals surface area contributed by atoms with E-state index in [1.54, 1.807) is 18.4 Å². The van der Waals surface area contributed by atoms with Crippen molar-refractivity contribution in [2.45, 2.75) is 39.3 Å². The predicted molar refractivity (Wildman–Crippen MR) is 66.8 cm³/mol. The normalized spacial score (nSPS) is 17.7. The second-order valence-corrected chi connectivity index (χ2v) is 5.92. The Morgan fingerprint density at radius 1 is 1.50 bits per heavy atom. The van der Waals surface area contributed by atoms with Gasteiger partial charge >= 0.3 is 0 Å². The Bertz CT molecular complexity index is 347. The molecule has 3 nitrogen and oxygen atoms in total. The molecule has 1 fully saturated rings. The Kier molecular flexibility index (Phi) is 3.95. The second-order valence-electron chi connectivity index (χ2n) is 4.52. The van der Waals surface area contributed by atoms with Crippen LogP contribution in [0.25, 0.3) is 0 Å². The SMILES string of the molecule is COCC(NCc1nc(C)sc1C)C1CC1. The van der Waals surface area contributed by atoms with Crippen LogP contribution in [0.2, 0.25) is 0 Å². The van der Waals surface area contributed by atoms with E-state index in [4.69, 9.17) is 4.74 Å². The van der Waals surface area contributed by atoms with E-state index >= 15 is 0 Å². The average molecular weight is 240 g/mol. The summed E-state index contributed by atoms with van der Waals surface area (Å²) in [4.78, 5) is 5.87. The Hall–Kier alpha value is -0.450. The highest BCUT2D eigenvalue weighted by molar-refractivity contribution is 7.11. The van der Waals surface area contributed by atoms with Crippen molar-refractivity contribution in [3.8, 4) is 0 Å². The lowest BCUT2D eigenvalue weighted by molar-refractivity contribution is 0.157. The Balaban J connectivity index is 1.87. The van der Waals surface area contributed by atoms with Gasteiger partial charge in [-0.3, -0.25) is 0 Å². The minimum atomic E-state index is 0.506. The molecule has 0 aliphatic heterocycles. The monoisotopic (exact) mass is 240 g/mol. The van der Waals surface area contributed by atoms with Crippen LogP contribution in [0.4, 0.5) is 0 Å². The highest BCUT2D eigenvalue weighted by Crippen LogP contribution is 2.33. The van der Waals surface area contributed by atoms with Gasteiger partial charge in [0, 0.05) is 24.6 Å². The molecule has 1 aromatic heterocycles. The van der Waals surface area contributed by atoms with E-state index in [9.17, 15) is 0 Å². The first-order chi connectivity index (χ1) is 7.70. The topological polar surface area (TPSA) is 34.1 Å². The van der Waals surface area contributed by atoms with E-state index in [0.29, 0.717) is 6.04 Å². The molecule has 1 aliphatic rings. The maximum Gasteiger partial charge on any atom is 0.0900 e. The van der Waals surface area contributed by atoms with Crippen molar-refractivity contribution in [1.29, 1.82) is 0 Å². The number of nitrogens with zero attached hydrogens (tertiary/aromatic N) is 1. The molecule has 1 aliphatic carbocycles. The zero-order valence-corrected chi connectivity index (χ0v) is 11.1. The van der Waals surface area contributed by atoms with Crippen molar-refractivity contribution in [2.24, 2.45) is 5.92 Å². The van der Waals surface area contributed by atoms with Gasteiger partial charge in [-0.1, -0.05) is 0 Å². The molecule has 16 heavy (non-hydrogen) atoms. The summed E-state index contributed by atoms with van der Waals surface area (Å²) in [7, 11) is 1.77. The number of hydrogen-bond donors (Lipinski definition) is 1. The molecule has 4 heteroatoms. The lowest BCUT2D eigenvalue weighted by Gasteiger charge is -2.16. The summed E-state index contributed by atoms with van der Waals surface area (Å²) in [6.45, 7) is 5.90. The maximum absolute atomic E-state index is 5.25. The average Bonchev–Trinajstić information content (AvgIpc) is 3.01. The lowest BCUT2D eigenvalue weighted by atomic mass is 10.2. The van der Waals surface area contributed by atoms with E-state index in [-0.39, 0.29) is 0 Å². The molecule has 0 bridgehead atoms. The quantitative estimate of drug-likeness (QED) is 0.828. The van der Waals surface area contributed by atoms with Gasteiger partial charge in [-0.2, -0.15) is 0 Å². The minimum absolute atomic E-state index is 0.506. The van der Waals surface area contributed by atoms with Gasteiger partial charge in [0.15, 0.2) is 0 Å². The zero-order chi connectivity index (χ0) is 11.5. The number of ether oxygens (including phenoxy) is 1. The molecule has 2 rings (SSSR count). The first-order valence-electron chi connectivity index (χ1n) is 5.86. The molecule has 0 aromatic carbocycles. The van der Waals surface area contributed by atoms with Crippen molar-refractivity contribution >= 4 is 11.3 Å². The number of methoxy groups -OCH3 is 1. The van der Waals surface area contributed by atoms with Crippen LogP contribution in [0.15, 0.2) is 0 Å². The molecular formula is C12H20N2OS. The van der Waals surface area contributed by atoms with E-state index in [1.807, 2.05) is 0 Å². The van der Waals surface area contributed by atoms with Crippen LogP contribution in [-0.4, -0.2) is 24.7 Å². The molecular weight excluding hydrogens is 220 g/mol. The van der Waals surface area contributed by atoms with Crippen LogP contribution in [0.3, 0.4) is 0 Å². The van der Waals surface area contributed by atoms with Crippen LogP contribution >= 0.6 is 11.3 Å². The smallest absolute Gasteiger partial charge is 0.0900 e. The molecule has 1 aromatic rings. The number of aryl methyl sites for hydroxylation is 2. The van der Waals surface area contributed by atoms with E-state index in [0.717, 1.165) is 24.1 Å². The third-order valence-electron chi connectivity index (χ3n) is 3.07. The van der Waals surface area contributed by atoms with Gasteiger partial charge in [-0.15, -0.1) is 11.3 Å². The summed E-state index contributed by atoms with van der Waals surface area (Å²) in [5.74, 6) is 0.819. The van der Waals surface area contributed by atoms with Crippen molar-refractivity contribution in [3.63, 3.8) is 0 Å². The van der Waals surface area contributed by atoms with E-state index in [2.05, 4.69) is 24.1 Å². The standard InChI is InChI=1S/C12H20N2OS/c1-8-11(14-9(2)16-8)6-13-12(7-15-3)10-4-5-10/h10,12-13H,4-7H2,1-3H3. The van der Waals surface area contributed by atoms with Gasteiger partial charge in [0.25, 0.3) is 0 Å². The molecule has 0 radical (unpaired) electrons. The van der Waals surface area contributed by atoms with Gasteiger partial charge in [0.05, 0.1) is 17.3 Å². The molecule has 90 valence electrons. The molecule has 0 amide bonds. The number of nitrogens with one attached hydrogen (secondary N) is 1. The van der Waals surface area contributed by atoms with Gasteiger partial charge in [-0.05, 0) is 32.6 Å². The molecule has 1 unspecified atom stereocenters. The predicted octanol–water partition coefficient (Wildman–Crippen LogP) is 2.27. The van der Waals surface area contributed by atoms with Crippen LogP contribution in [0, 0.1) is 19.8 Å². The molecule has 1 atom stereocenters. The highest BCUT2D eigenvalue weighted by atomic mass is 32.1. The Morgan fingerprint density at radius 3 is 2.75 bits per heavy atom. The van der Waals surface area contributed by atoms with Gasteiger partial charge in [0.1, 0.15) is 0 Å². The van der Waals surface area contributed by atoms with E-state index in [1.165, 1.54) is 23.4 Å². The molecule has 1 heterocycles. The first-order valence-corrected chi connectivity index (χ1v) is 6.67. The van der Waals surface area contributed by atoms with E-state index < -0.39 is 0 Å². The highest BCUT2D eigenvalue weighted by Gasteiger charge is 2.30. The van der Waals surface area contributed by atoms with Crippen molar-refractivity contribution in [2.75, 3.05) is 13.7 Å². The first kappa shape index (κ1) is 12.0. The zero-order valence-electron chi connectivity index (χ0n) is 10.2. The molecule has 0 saturated heterocycles. The van der Waals surface area contributed by atoms with Crippen LogP contribution < -0.4 is 5.32 Å². The molecule has 1 N–H and O–H groups in total. The van der Waals surface area contributed by atoms with Crippen LogP contribution in [0.1, 0.15) is 28.4 Å². The van der Waals surface area contributed by atoms with Crippen molar-refractivity contribution in [1.82, 2.24) is 10.3 Å². The van der Waals surface area contributed by atoms with Crippen molar-refractivity contribution < 1.29 is 4.74 Å². The summed E-state index contributed by atoms with van der Waals surface area (Å²) in [5, 5.41) is 4.73. The number of aromatic nitrogens is 1. The maximum atomic E-state index is 5.25. The van der Waals surface area contributed by atoms with Crippen LogP contribution in [-0.2, 0) is 11.3 Å². The van der Waals surface area contributed by atoms with Gasteiger partial charge < -0.3 is 10.1 Å². The molecule has 1 saturated carbocycles. The Morgan fingerprint density at radius 2 is 2.25 bits per heavy atom. The minimum Gasteiger partial charge on any atom is -0.383 e. The van der Waals surface area contributed by atoms with Gasteiger partial charge in [0.2, 0.25) is 0 Å². The number of rotatable bonds is 6. The Labute approximate surface area is 101 Å². The van der Waals surface area contributed by atoms with Crippen LogP contribution in [0.5, 0.6) is 0 Å². The number of hydrogen-bond acceptors (Lipinski definition) is 4. The third kappa shape index (κ3) is 3.03. The van der Waals surface area contributed by atoms with Gasteiger partial charge in [-0.25, -0.2) is 4.98 Å². The number of thiazole rings is 1. The fraction of sp³-hybridized carbons (Fsp3) is 0.750. The largest absolute Gasteiger partial charge is 0.383 e. The van der Waals surface area contributed by atoms with Crippen molar-refractivity contribution in [3.05, 3.63) is 15.6 Å². The molecule has 0 spiro atoms. The summed E-state index contributed by atoms with van der Waals surface area (Å²) in [5.41, 5.74) is 1.20. The summed E-state index contributed by atoms with van der Waals surface area (Å²) in [6, 6.07) is 0.506. The summed E-state index contributed by atoms with van der Waals surface area (Å²) >= 11 is 1.78.